The molecule has 2 aromatic heterocycles. The Morgan fingerprint density at radius 3 is 2.70 bits per heavy atom. The Morgan fingerprint density at radius 1 is 1.33 bits per heavy atom. The van der Waals surface area contributed by atoms with Crippen molar-refractivity contribution in [1.82, 2.24) is 20.1 Å². The van der Waals surface area contributed by atoms with E-state index in [0.717, 1.165) is 37.9 Å². The zero-order valence-electron chi connectivity index (χ0n) is 17.4. The molecule has 2 N–H and O–H groups in total. The number of hydrogen-bond donors (Lipinski definition) is 2. The van der Waals surface area contributed by atoms with Gasteiger partial charge in [-0.25, -0.2) is 9.67 Å². The predicted molar refractivity (Wildman–Crippen MR) is 115 cm³/mol. The van der Waals surface area contributed by atoms with Gasteiger partial charge in [-0.3, -0.25) is 4.79 Å². The lowest BCUT2D eigenvalue weighted by Gasteiger charge is -2.58. The van der Waals surface area contributed by atoms with E-state index in [9.17, 15) is 9.90 Å². The van der Waals surface area contributed by atoms with E-state index in [4.69, 9.17) is 11.6 Å². The van der Waals surface area contributed by atoms with Crippen LogP contribution in [0.15, 0.2) is 24.4 Å². The molecule has 4 aliphatic carbocycles. The molecule has 4 saturated carbocycles. The molecule has 8 heteroatoms. The zero-order valence-corrected chi connectivity index (χ0v) is 18.1. The fourth-order valence-electron chi connectivity index (χ4n) is 6.16. The molecule has 0 aliphatic heterocycles. The third kappa shape index (κ3) is 3.38. The molecule has 30 heavy (non-hydrogen) atoms. The zero-order chi connectivity index (χ0) is 21.0. The highest BCUT2D eigenvalue weighted by Gasteiger charge is 2.55. The van der Waals surface area contributed by atoms with Crippen LogP contribution in [0.5, 0.6) is 0 Å². The van der Waals surface area contributed by atoms with Crippen molar-refractivity contribution in [2.75, 3.05) is 11.9 Å². The number of amides is 1. The molecule has 160 valence electrons. The van der Waals surface area contributed by atoms with E-state index < -0.39 is 5.60 Å². The summed E-state index contributed by atoms with van der Waals surface area (Å²) in [5.74, 6) is 2.70. The lowest BCUT2D eigenvalue weighted by Crippen LogP contribution is -2.61. The van der Waals surface area contributed by atoms with E-state index in [1.54, 1.807) is 23.0 Å². The second-order valence-corrected chi connectivity index (χ2v) is 9.72. The number of nitrogens with one attached hydrogen (secondary N) is 1. The van der Waals surface area contributed by atoms with E-state index in [1.807, 2.05) is 24.9 Å². The number of aliphatic hydroxyl groups is 1. The summed E-state index contributed by atoms with van der Waals surface area (Å²) in [4.78, 5) is 19.4. The van der Waals surface area contributed by atoms with Gasteiger partial charge in [-0.15, -0.1) is 0 Å². The van der Waals surface area contributed by atoms with Crippen molar-refractivity contribution in [2.24, 2.45) is 17.8 Å². The minimum atomic E-state index is -0.499. The normalized spacial score (nSPS) is 31.7. The molecule has 6 rings (SSSR count). The van der Waals surface area contributed by atoms with Gasteiger partial charge in [0.15, 0.2) is 5.69 Å². The van der Waals surface area contributed by atoms with Gasteiger partial charge in [0, 0.05) is 36.9 Å². The molecule has 2 heterocycles. The largest absolute Gasteiger partial charge is 0.390 e. The maximum atomic E-state index is 13.1. The first-order valence-electron chi connectivity index (χ1n) is 10.8. The number of aromatic nitrogens is 3. The van der Waals surface area contributed by atoms with E-state index >= 15 is 0 Å². The van der Waals surface area contributed by atoms with Crippen LogP contribution in [-0.2, 0) is 6.54 Å². The number of carbonyl (C=O) groups excluding carboxylic acids is 1. The van der Waals surface area contributed by atoms with Gasteiger partial charge >= 0.3 is 0 Å². The fourth-order valence-corrected chi connectivity index (χ4v) is 6.31. The summed E-state index contributed by atoms with van der Waals surface area (Å²) in [7, 11) is 1.89. The highest BCUT2D eigenvalue weighted by molar-refractivity contribution is 6.30. The maximum absolute atomic E-state index is 13.1. The molecule has 4 fully saturated rings. The van der Waals surface area contributed by atoms with Gasteiger partial charge in [0.25, 0.3) is 5.91 Å². The Hall–Kier alpha value is -2.12. The molecule has 0 saturated heterocycles. The summed E-state index contributed by atoms with van der Waals surface area (Å²) in [5, 5.41) is 19.2. The first-order valence-corrected chi connectivity index (χ1v) is 11.2. The van der Waals surface area contributed by atoms with Gasteiger partial charge in [-0.2, -0.15) is 5.10 Å². The summed E-state index contributed by atoms with van der Waals surface area (Å²) in [5.41, 5.74) is -0.0882. The number of hydrogen-bond acceptors (Lipinski definition) is 5. The minimum Gasteiger partial charge on any atom is -0.390 e. The van der Waals surface area contributed by atoms with Crippen LogP contribution in [0.1, 0.15) is 49.5 Å². The van der Waals surface area contributed by atoms with Crippen molar-refractivity contribution < 1.29 is 9.90 Å². The van der Waals surface area contributed by atoms with Gasteiger partial charge in [0.2, 0.25) is 0 Å². The standard InChI is InChI=1S/C22H28ClN5O2/c1-3-28-19(27(2)18-8-16(23)4-5-24-18)9-17(26-28)21(29)25-20-14-6-13-7-15(20)12-22(30,10-13)11-14/h4-5,8-9,13-15,20,30H,3,6-7,10-12H2,1-2H3,(H,25,29). The second kappa shape index (κ2) is 7.24. The molecule has 0 spiro atoms. The third-order valence-electron chi connectivity index (χ3n) is 7.22. The third-order valence-corrected chi connectivity index (χ3v) is 7.46. The highest BCUT2D eigenvalue weighted by atomic mass is 35.5. The number of nitrogens with zero attached hydrogens (tertiary/aromatic N) is 4. The average Bonchev–Trinajstić information content (AvgIpc) is 3.13. The van der Waals surface area contributed by atoms with Crippen molar-refractivity contribution >= 4 is 29.1 Å². The van der Waals surface area contributed by atoms with Crippen molar-refractivity contribution in [3.63, 3.8) is 0 Å². The Balaban J connectivity index is 1.35. The van der Waals surface area contributed by atoms with Crippen LogP contribution in [0.3, 0.4) is 0 Å². The molecule has 4 bridgehead atoms. The summed E-state index contributed by atoms with van der Waals surface area (Å²) in [6, 6.07) is 5.46. The van der Waals surface area contributed by atoms with Crippen LogP contribution in [0.2, 0.25) is 5.02 Å². The van der Waals surface area contributed by atoms with Crippen molar-refractivity contribution in [1.29, 1.82) is 0 Å². The van der Waals surface area contributed by atoms with Crippen LogP contribution >= 0.6 is 11.6 Å². The summed E-state index contributed by atoms with van der Waals surface area (Å²) >= 11 is 6.11. The van der Waals surface area contributed by atoms with E-state index in [1.165, 1.54) is 0 Å². The molecular weight excluding hydrogens is 402 g/mol. The molecule has 0 radical (unpaired) electrons. The number of pyridine rings is 1. The molecule has 0 aromatic carbocycles. The number of aryl methyl sites for hydroxylation is 1. The molecule has 2 atom stereocenters. The topological polar surface area (TPSA) is 83.3 Å². The first kappa shape index (κ1) is 19.8. The number of carbonyl (C=O) groups is 1. The van der Waals surface area contributed by atoms with Gasteiger partial charge in [0.05, 0.1) is 5.60 Å². The van der Waals surface area contributed by atoms with Crippen LogP contribution in [0, 0.1) is 17.8 Å². The Labute approximate surface area is 181 Å². The number of halogens is 1. The highest BCUT2D eigenvalue weighted by Crippen LogP contribution is 2.55. The van der Waals surface area contributed by atoms with E-state index in [-0.39, 0.29) is 11.9 Å². The molecule has 1 amide bonds. The molecular formula is C22H28ClN5O2. The summed E-state index contributed by atoms with van der Waals surface area (Å²) in [6.45, 7) is 2.63. The first-order chi connectivity index (χ1) is 14.3. The van der Waals surface area contributed by atoms with Crippen LogP contribution in [0.25, 0.3) is 0 Å². The Morgan fingerprint density at radius 2 is 2.07 bits per heavy atom. The van der Waals surface area contributed by atoms with E-state index in [2.05, 4.69) is 15.4 Å². The summed E-state index contributed by atoms with van der Waals surface area (Å²) in [6.07, 6.45) is 6.44. The molecule has 4 aliphatic rings. The van der Waals surface area contributed by atoms with Gasteiger partial charge in [-0.1, -0.05) is 11.6 Å². The van der Waals surface area contributed by atoms with Crippen molar-refractivity contribution in [3.05, 3.63) is 35.1 Å². The molecule has 2 unspecified atom stereocenters. The van der Waals surface area contributed by atoms with Gasteiger partial charge in [0.1, 0.15) is 11.6 Å². The predicted octanol–water partition coefficient (Wildman–Crippen LogP) is 3.39. The van der Waals surface area contributed by atoms with Crippen LogP contribution in [0.4, 0.5) is 11.6 Å². The van der Waals surface area contributed by atoms with Crippen LogP contribution < -0.4 is 10.2 Å². The van der Waals surface area contributed by atoms with Gasteiger partial charge < -0.3 is 15.3 Å². The lowest BCUT2D eigenvalue weighted by atomic mass is 9.52. The molecule has 2 aromatic rings. The number of anilines is 2. The maximum Gasteiger partial charge on any atom is 0.272 e. The SMILES string of the molecule is CCn1nc(C(=O)NC2C3CC4CC2CC(O)(C4)C3)cc1N(C)c1cc(Cl)ccn1. The van der Waals surface area contributed by atoms with Crippen LogP contribution in [-0.4, -0.2) is 44.5 Å². The lowest BCUT2D eigenvalue weighted by molar-refractivity contribution is -0.136. The smallest absolute Gasteiger partial charge is 0.272 e. The summed E-state index contributed by atoms with van der Waals surface area (Å²) < 4.78 is 1.80. The van der Waals surface area contributed by atoms with Gasteiger partial charge in [-0.05, 0) is 68.9 Å². The average molecular weight is 430 g/mol. The Bertz CT molecular complexity index is 960. The van der Waals surface area contributed by atoms with E-state index in [0.29, 0.717) is 40.8 Å². The quantitative estimate of drug-likeness (QED) is 0.761. The number of rotatable bonds is 5. The van der Waals surface area contributed by atoms with Crippen molar-refractivity contribution in [3.8, 4) is 0 Å². The second-order valence-electron chi connectivity index (χ2n) is 9.29. The monoisotopic (exact) mass is 429 g/mol. The Kier molecular flexibility index (Phi) is 4.78. The van der Waals surface area contributed by atoms with Crippen molar-refractivity contribution in [2.45, 2.75) is 57.2 Å². The minimum absolute atomic E-state index is 0.136. The molecule has 7 nitrogen and oxygen atoms in total. The fraction of sp³-hybridized carbons (Fsp3) is 0.591.